The van der Waals surface area contributed by atoms with Crippen LogP contribution in [0.25, 0.3) is 11.7 Å². The maximum Gasteiger partial charge on any atom is 0.283 e. The second-order valence-corrected chi connectivity index (χ2v) is 5.88. The first-order valence-corrected chi connectivity index (χ1v) is 7.71. The summed E-state index contributed by atoms with van der Waals surface area (Å²) >= 11 is 0. The maximum atomic E-state index is 5.69. The third-order valence-electron chi connectivity index (χ3n) is 4.24. The first-order chi connectivity index (χ1) is 10.4. The van der Waals surface area contributed by atoms with Crippen LogP contribution in [0, 0.1) is 0 Å². The first kappa shape index (κ1) is 13.0. The molecule has 0 atom stereocenters. The Morgan fingerprint density at radius 2 is 2.10 bits per heavy atom. The van der Waals surface area contributed by atoms with Crippen molar-refractivity contribution in [3.8, 4) is 11.7 Å². The third-order valence-corrected chi connectivity index (χ3v) is 4.24. The predicted molar refractivity (Wildman–Crippen MR) is 76.5 cm³/mol. The van der Waals surface area contributed by atoms with Crippen molar-refractivity contribution in [1.29, 1.82) is 0 Å². The molecular weight excluding hydrogens is 268 g/mol. The molecule has 1 aliphatic carbocycles. The summed E-state index contributed by atoms with van der Waals surface area (Å²) in [5, 5.41) is 8.18. The molecule has 3 heterocycles. The van der Waals surface area contributed by atoms with Gasteiger partial charge in [-0.2, -0.15) is 0 Å². The molecule has 6 nitrogen and oxygen atoms in total. The Hall–Kier alpha value is -1.66. The van der Waals surface area contributed by atoms with Gasteiger partial charge < -0.3 is 8.83 Å². The van der Waals surface area contributed by atoms with Gasteiger partial charge in [-0.15, -0.1) is 10.2 Å². The van der Waals surface area contributed by atoms with E-state index in [1.54, 1.807) is 6.26 Å². The van der Waals surface area contributed by atoms with Crippen LogP contribution in [0.15, 0.2) is 27.2 Å². The highest BCUT2D eigenvalue weighted by molar-refractivity contribution is 5.42. The topological polar surface area (TPSA) is 58.5 Å². The molecule has 6 heteroatoms. The predicted octanol–water partition coefficient (Wildman–Crippen LogP) is 2.00. The monoisotopic (exact) mass is 288 g/mol. The molecule has 1 aliphatic heterocycles. The first-order valence-electron chi connectivity index (χ1n) is 7.71. The van der Waals surface area contributed by atoms with E-state index in [-0.39, 0.29) is 0 Å². The molecule has 2 fully saturated rings. The van der Waals surface area contributed by atoms with Crippen LogP contribution in [-0.4, -0.2) is 52.2 Å². The van der Waals surface area contributed by atoms with Crippen molar-refractivity contribution < 1.29 is 8.83 Å². The Morgan fingerprint density at radius 3 is 2.90 bits per heavy atom. The minimum Gasteiger partial charge on any atom is -0.459 e. The Kier molecular flexibility index (Phi) is 3.48. The second-order valence-electron chi connectivity index (χ2n) is 5.88. The Bertz CT molecular complexity index is 576. The SMILES string of the molecule is c1coc(-c2nnc(CN3CCCN(C4CC4)CC3)o2)c1. The van der Waals surface area contributed by atoms with E-state index in [1.165, 1.54) is 25.8 Å². The molecule has 1 saturated heterocycles. The molecule has 4 rings (SSSR count). The smallest absolute Gasteiger partial charge is 0.283 e. The minimum absolute atomic E-state index is 0.462. The molecule has 2 aliphatic rings. The average molecular weight is 288 g/mol. The van der Waals surface area contributed by atoms with Crippen LogP contribution in [0.5, 0.6) is 0 Å². The number of furan rings is 1. The van der Waals surface area contributed by atoms with Crippen LogP contribution < -0.4 is 0 Å². The number of rotatable bonds is 4. The lowest BCUT2D eigenvalue weighted by Crippen LogP contribution is -2.31. The van der Waals surface area contributed by atoms with Gasteiger partial charge in [-0.05, 0) is 44.5 Å². The minimum atomic E-state index is 0.462. The van der Waals surface area contributed by atoms with E-state index in [1.807, 2.05) is 12.1 Å². The summed E-state index contributed by atoms with van der Waals surface area (Å²) in [6.45, 7) is 5.29. The van der Waals surface area contributed by atoms with E-state index >= 15 is 0 Å². The third kappa shape index (κ3) is 3.01. The van der Waals surface area contributed by atoms with Crippen LogP contribution in [0.2, 0.25) is 0 Å². The zero-order valence-electron chi connectivity index (χ0n) is 12.1. The second kappa shape index (κ2) is 5.61. The van der Waals surface area contributed by atoms with E-state index in [0.29, 0.717) is 17.5 Å². The van der Waals surface area contributed by atoms with Gasteiger partial charge >= 0.3 is 0 Å². The van der Waals surface area contributed by atoms with Gasteiger partial charge in [0, 0.05) is 19.1 Å². The largest absolute Gasteiger partial charge is 0.459 e. The van der Waals surface area contributed by atoms with E-state index in [4.69, 9.17) is 8.83 Å². The number of hydrogen-bond acceptors (Lipinski definition) is 6. The molecule has 2 aromatic rings. The van der Waals surface area contributed by atoms with Crippen LogP contribution in [-0.2, 0) is 6.54 Å². The lowest BCUT2D eigenvalue weighted by molar-refractivity contribution is 0.231. The van der Waals surface area contributed by atoms with E-state index in [9.17, 15) is 0 Å². The maximum absolute atomic E-state index is 5.69. The van der Waals surface area contributed by atoms with Gasteiger partial charge in [-0.3, -0.25) is 9.80 Å². The van der Waals surface area contributed by atoms with Gasteiger partial charge in [0.2, 0.25) is 5.89 Å². The summed E-state index contributed by atoms with van der Waals surface area (Å²) < 4.78 is 11.0. The lowest BCUT2D eigenvalue weighted by atomic mass is 10.4. The van der Waals surface area contributed by atoms with E-state index in [0.717, 1.165) is 32.2 Å². The molecule has 21 heavy (non-hydrogen) atoms. The highest BCUT2D eigenvalue weighted by atomic mass is 16.4. The van der Waals surface area contributed by atoms with Crippen molar-refractivity contribution >= 4 is 0 Å². The molecule has 2 aromatic heterocycles. The molecule has 0 amide bonds. The van der Waals surface area contributed by atoms with Crippen LogP contribution in [0.3, 0.4) is 0 Å². The van der Waals surface area contributed by atoms with Crippen LogP contribution >= 0.6 is 0 Å². The van der Waals surface area contributed by atoms with Gasteiger partial charge in [-0.1, -0.05) is 0 Å². The Morgan fingerprint density at radius 1 is 1.14 bits per heavy atom. The highest BCUT2D eigenvalue weighted by Gasteiger charge is 2.30. The fourth-order valence-electron chi connectivity index (χ4n) is 2.96. The summed E-state index contributed by atoms with van der Waals surface area (Å²) in [6, 6.07) is 4.51. The summed E-state index contributed by atoms with van der Waals surface area (Å²) in [5.74, 6) is 1.76. The zero-order valence-corrected chi connectivity index (χ0v) is 12.1. The van der Waals surface area contributed by atoms with Gasteiger partial charge in [0.25, 0.3) is 5.89 Å². The van der Waals surface area contributed by atoms with Crippen molar-refractivity contribution in [2.45, 2.75) is 31.8 Å². The van der Waals surface area contributed by atoms with Gasteiger partial charge in [-0.25, -0.2) is 0 Å². The van der Waals surface area contributed by atoms with Gasteiger partial charge in [0.15, 0.2) is 5.76 Å². The van der Waals surface area contributed by atoms with Gasteiger partial charge in [0.1, 0.15) is 0 Å². The number of nitrogens with zero attached hydrogens (tertiary/aromatic N) is 4. The molecule has 1 saturated carbocycles. The van der Waals surface area contributed by atoms with E-state index in [2.05, 4.69) is 20.0 Å². The fraction of sp³-hybridized carbons (Fsp3) is 0.600. The molecule has 0 radical (unpaired) electrons. The van der Waals surface area contributed by atoms with Crippen molar-refractivity contribution in [3.63, 3.8) is 0 Å². The summed E-state index contributed by atoms with van der Waals surface area (Å²) in [4.78, 5) is 5.03. The summed E-state index contributed by atoms with van der Waals surface area (Å²) in [5.41, 5.74) is 0. The Labute approximate surface area is 123 Å². The summed E-state index contributed by atoms with van der Waals surface area (Å²) in [7, 11) is 0. The summed E-state index contributed by atoms with van der Waals surface area (Å²) in [6.07, 6.45) is 5.60. The lowest BCUT2D eigenvalue weighted by Gasteiger charge is -2.20. The zero-order chi connectivity index (χ0) is 14.1. The molecule has 0 aromatic carbocycles. The molecule has 0 N–H and O–H groups in total. The van der Waals surface area contributed by atoms with Crippen molar-refractivity contribution in [1.82, 2.24) is 20.0 Å². The van der Waals surface area contributed by atoms with Crippen molar-refractivity contribution in [2.24, 2.45) is 0 Å². The number of hydrogen-bond donors (Lipinski definition) is 0. The average Bonchev–Trinajstić information content (AvgIpc) is 3.06. The molecule has 112 valence electrons. The molecular formula is C15H20N4O2. The highest BCUT2D eigenvalue weighted by Crippen LogP contribution is 2.27. The molecule has 0 unspecified atom stereocenters. The quantitative estimate of drug-likeness (QED) is 0.857. The van der Waals surface area contributed by atoms with E-state index < -0.39 is 0 Å². The molecule has 0 bridgehead atoms. The standard InChI is InChI=1S/C15H20N4O2/c1-3-13(20-10-1)15-17-16-14(21-15)11-18-6-2-7-19(9-8-18)12-4-5-12/h1,3,10,12H,2,4-9,11H2. The fourth-order valence-corrected chi connectivity index (χ4v) is 2.96. The molecule has 0 spiro atoms. The van der Waals surface area contributed by atoms with Crippen LogP contribution in [0.1, 0.15) is 25.2 Å². The van der Waals surface area contributed by atoms with Crippen molar-refractivity contribution in [2.75, 3.05) is 26.2 Å². The van der Waals surface area contributed by atoms with Crippen LogP contribution in [0.4, 0.5) is 0 Å². The normalized spacial score (nSPS) is 21.5. The number of aromatic nitrogens is 2. The van der Waals surface area contributed by atoms with Gasteiger partial charge in [0.05, 0.1) is 12.8 Å². The van der Waals surface area contributed by atoms with Crippen molar-refractivity contribution in [3.05, 3.63) is 24.3 Å². The Balaban J connectivity index is 1.37.